The van der Waals surface area contributed by atoms with E-state index in [0.29, 0.717) is 5.11 Å². The van der Waals surface area contributed by atoms with Crippen LogP contribution in [0.1, 0.15) is 36.3 Å². The third-order valence-electron chi connectivity index (χ3n) is 5.82. The molecular weight excluding hydrogens is 396 g/mol. The first-order chi connectivity index (χ1) is 14.7. The molecule has 7 heteroatoms. The molecule has 2 saturated heterocycles. The molecule has 2 N–H and O–H groups in total. The molecular formula is C23H24N4O2S. The summed E-state index contributed by atoms with van der Waals surface area (Å²) in [4.78, 5) is 6.73. The molecule has 6 nitrogen and oxygen atoms in total. The summed E-state index contributed by atoms with van der Waals surface area (Å²) in [5.41, 5.74) is 3.02. The van der Waals surface area contributed by atoms with Gasteiger partial charge in [0.2, 0.25) is 0 Å². The van der Waals surface area contributed by atoms with Crippen LogP contribution in [0, 0.1) is 0 Å². The number of nitrogens with one attached hydrogen (secondary N) is 1. The molecule has 3 aromatic rings. The van der Waals surface area contributed by atoms with E-state index in [-0.39, 0.29) is 23.9 Å². The minimum absolute atomic E-state index is 0.0756. The number of hydrogen-bond donors (Lipinski definition) is 2. The summed E-state index contributed by atoms with van der Waals surface area (Å²) in [5.74, 6) is 0.233. The Bertz CT molecular complexity index is 1020. The van der Waals surface area contributed by atoms with Crippen molar-refractivity contribution in [2.24, 2.45) is 0 Å². The molecule has 2 aromatic heterocycles. The van der Waals surface area contributed by atoms with E-state index in [4.69, 9.17) is 17.0 Å². The summed E-state index contributed by atoms with van der Waals surface area (Å²) < 4.78 is 8.16. The Balaban J connectivity index is 1.57. The van der Waals surface area contributed by atoms with Crippen molar-refractivity contribution in [3.8, 4) is 5.75 Å². The highest BCUT2D eigenvalue weighted by molar-refractivity contribution is 7.80. The molecule has 0 spiro atoms. The SMILES string of the molecule is Oc1ccc(N2C(=S)NC(c3ccccn3)C2c2cccn2CC2CCCO2)cc1. The van der Waals surface area contributed by atoms with Crippen LogP contribution < -0.4 is 10.2 Å². The number of ether oxygens (including phenoxy) is 1. The van der Waals surface area contributed by atoms with Crippen LogP contribution in [0.5, 0.6) is 5.75 Å². The molecule has 0 aliphatic carbocycles. The second-order valence-corrected chi connectivity index (χ2v) is 8.12. The van der Waals surface area contributed by atoms with Gasteiger partial charge in [-0.25, -0.2) is 0 Å². The average Bonchev–Trinajstić information content (AvgIpc) is 3.50. The number of rotatable bonds is 5. The fraction of sp³-hybridized carbons (Fsp3) is 0.304. The van der Waals surface area contributed by atoms with Crippen LogP contribution in [0.4, 0.5) is 5.69 Å². The lowest BCUT2D eigenvalue weighted by Gasteiger charge is -2.29. The van der Waals surface area contributed by atoms with Gasteiger partial charge in [0.15, 0.2) is 5.11 Å². The lowest BCUT2D eigenvalue weighted by molar-refractivity contribution is 0.0961. The summed E-state index contributed by atoms with van der Waals surface area (Å²) in [6, 6.07) is 17.2. The van der Waals surface area contributed by atoms with Gasteiger partial charge in [-0.15, -0.1) is 0 Å². The summed E-state index contributed by atoms with van der Waals surface area (Å²) in [7, 11) is 0. The van der Waals surface area contributed by atoms with Crippen LogP contribution >= 0.6 is 12.2 Å². The molecule has 3 atom stereocenters. The number of aromatic nitrogens is 2. The van der Waals surface area contributed by atoms with Crippen LogP contribution in [-0.2, 0) is 11.3 Å². The van der Waals surface area contributed by atoms with Gasteiger partial charge in [0, 0.05) is 36.9 Å². The molecule has 1 aromatic carbocycles. The molecule has 5 rings (SSSR count). The van der Waals surface area contributed by atoms with E-state index >= 15 is 0 Å². The van der Waals surface area contributed by atoms with Gasteiger partial charge >= 0.3 is 0 Å². The second kappa shape index (κ2) is 8.08. The Hall–Kier alpha value is -2.90. The number of thiocarbonyl (C=S) groups is 1. The van der Waals surface area contributed by atoms with Crippen molar-refractivity contribution < 1.29 is 9.84 Å². The molecule has 0 amide bonds. The summed E-state index contributed by atoms with van der Waals surface area (Å²) in [5, 5.41) is 13.9. The molecule has 0 saturated carbocycles. The molecule has 2 fully saturated rings. The number of pyridine rings is 1. The van der Waals surface area contributed by atoms with Crippen LogP contribution in [-0.4, -0.2) is 32.5 Å². The normalized spacial score (nSPS) is 23.7. The lowest BCUT2D eigenvalue weighted by Crippen LogP contribution is -2.31. The summed E-state index contributed by atoms with van der Waals surface area (Å²) >= 11 is 5.76. The fourth-order valence-electron chi connectivity index (χ4n) is 4.42. The Morgan fingerprint density at radius 2 is 2.00 bits per heavy atom. The number of phenolic OH excluding ortho intramolecular Hbond substituents is 1. The Kier molecular flexibility index (Phi) is 5.14. The second-order valence-electron chi connectivity index (χ2n) is 7.73. The molecule has 154 valence electrons. The Morgan fingerprint density at radius 1 is 1.13 bits per heavy atom. The minimum atomic E-state index is -0.0920. The van der Waals surface area contributed by atoms with Crippen molar-refractivity contribution in [3.05, 3.63) is 78.4 Å². The van der Waals surface area contributed by atoms with E-state index in [2.05, 4.69) is 38.1 Å². The number of benzene rings is 1. The molecule has 3 unspecified atom stereocenters. The van der Waals surface area contributed by atoms with Gasteiger partial charge < -0.3 is 24.6 Å². The average molecular weight is 421 g/mol. The maximum atomic E-state index is 9.75. The van der Waals surface area contributed by atoms with Crippen molar-refractivity contribution in [3.63, 3.8) is 0 Å². The van der Waals surface area contributed by atoms with E-state index in [0.717, 1.165) is 43.1 Å². The monoisotopic (exact) mass is 420 g/mol. The van der Waals surface area contributed by atoms with Gasteiger partial charge in [-0.3, -0.25) is 4.98 Å². The van der Waals surface area contributed by atoms with Crippen molar-refractivity contribution in [2.45, 2.75) is 37.6 Å². The number of anilines is 1. The Labute approximate surface area is 181 Å². The minimum Gasteiger partial charge on any atom is -0.508 e. The van der Waals surface area contributed by atoms with E-state index in [1.165, 1.54) is 0 Å². The zero-order chi connectivity index (χ0) is 20.5. The molecule has 4 heterocycles. The van der Waals surface area contributed by atoms with Crippen molar-refractivity contribution in [2.75, 3.05) is 11.5 Å². The fourth-order valence-corrected chi connectivity index (χ4v) is 4.76. The van der Waals surface area contributed by atoms with Gasteiger partial charge in [-0.05, 0) is 73.6 Å². The molecule has 0 radical (unpaired) electrons. The summed E-state index contributed by atoms with van der Waals surface area (Å²) in [6.45, 7) is 1.66. The smallest absolute Gasteiger partial charge is 0.174 e. The predicted octanol–water partition coefficient (Wildman–Crippen LogP) is 3.94. The van der Waals surface area contributed by atoms with E-state index < -0.39 is 0 Å². The van der Waals surface area contributed by atoms with Crippen LogP contribution in [0.25, 0.3) is 0 Å². The van der Waals surface area contributed by atoms with Gasteiger partial charge in [-0.2, -0.15) is 0 Å². The van der Waals surface area contributed by atoms with Gasteiger partial charge in [0.25, 0.3) is 0 Å². The zero-order valence-electron chi connectivity index (χ0n) is 16.5. The first-order valence-electron chi connectivity index (χ1n) is 10.3. The van der Waals surface area contributed by atoms with Crippen molar-refractivity contribution in [1.82, 2.24) is 14.9 Å². The predicted molar refractivity (Wildman–Crippen MR) is 119 cm³/mol. The van der Waals surface area contributed by atoms with Crippen LogP contribution in [0.15, 0.2) is 67.0 Å². The number of phenols is 1. The number of nitrogens with zero attached hydrogens (tertiary/aromatic N) is 3. The Morgan fingerprint density at radius 3 is 2.73 bits per heavy atom. The number of hydrogen-bond acceptors (Lipinski definition) is 4. The highest BCUT2D eigenvalue weighted by atomic mass is 32.1. The molecule has 2 aliphatic rings. The first-order valence-corrected chi connectivity index (χ1v) is 10.7. The van der Waals surface area contributed by atoms with Gasteiger partial charge in [0.05, 0.1) is 17.8 Å². The first kappa shape index (κ1) is 19.1. The van der Waals surface area contributed by atoms with Crippen LogP contribution in [0.2, 0.25) is 0 Å². The molecule has 0 bridgehead atoms. The van der Waals surface area contributed by atoms with Crippen LogP contribution in [0.3, 0.4) is 0 Å². The molecule has 30 heavy (non-hydrogen) atoms. The lowest BCUT2D eigenvalue weighted by atomic mass is 10.0. The van der Waals surface area contributed by atoms with Crippen molar-refractivity contribution >= 4 is 23.0 Å². The van der Waals surface area contributed by atoms with E-state index in [9.17, 15) is 5.11 Å². The van der Waals surface area contributed by atoms with Gasteiger partial charge in [0.1, 0.15) is 11.8 Å². The topological polar surface area (TPSA) is 62.5 Å². The quantitative estimate of drug-likeness (QED) is 0.610. The molecule has 2 aliphatic heterocycles. The van der Waals surface area contributed by atoms with Gasteiger partial charge in [-0.1, -0.05) is 6.07 Å². The maximum Gasteiger partial charge on any atom is 0.174 e. The van der Waals surface area contributed by atoms with E-state index in [1.807, 2.05) is 36.5 Å². The highest BCUT2D eigenvalue weighted by Gasteiger charge is 2.42. The number of aromatic hydroxyl groups is 1. The largest absolute Gasteiger partial charge is 0.508 e. The third-order valence-corrected chi connectivity index (χ3v) is 6.13. The maximum absolute atomic E-state index is 9.75. The van der Waals surface area contributed by atoms with Crippen molar-refractivity contribution in [1.29, 1.82) is 0 Å². The highest BCUT2D eigenvalue weighted by Crippen LogP contribution is 2.42. The third kappa shape index (κ3) is 3.55. The zero-order valence-corrected chi connectivity index (χ0v) is 17.3. The summed E-state index contributed by atoms with van der Waals surface area (Å²) in [6.07, 6.45) is 6.37. The standard InChI is InChI=1S/C23H24N4O2S/c28-17-10-8-16(9-11-17)27-22(21(25-23(27)30)19-6-1-2-12-24-19)20-7-3-13-26(20)15-18-5-4-14-29-18/h1-3,6-13,18,21-22,28H,4-5,14-15H2,(H,25,30). The van der Waals surface area contributed by atoms with E-state index in [1.54, 1.807) is 12.1 Å².